The van der Waals surface area contributed by atoms with Gasteiger partial charge < -0.3 is 9.64 Å². The molecule has 0 atom stereocenters. The molecule has 1 heterocycles. The molecule has 2 nitrogen and oxygen atoms in total. The van der Waals surface area contributed by atoms with E-state index in [1.54, 1.807) is 0 Å². The molecule has 0 aliphatic carbocycles. The quantitative estimate of drug-likeness (QED) is 0.527. The van der Waals surface area contributed by atoms with Crippen LogP contribution in [0.4, 0.5) is 0 Å². The molecule has 1 aliphatic heterocycles. The molecule has 0 N–H and O–H groups in total. The van der Waals surface area contributed by atoms with Gasteiger partial charge in [0.15, 0.2) is 0 Å². The summed E-state index contributed by atoms with van der Waals surface area (Å²) in [6.45, 7) is 6.59. The van der Waals surface area contributed by atoms with E-state index in [-0.39, 0.29) is 0 Å². The molecular weight excluding hydrogens is 266 g/mol. The highest BCUT2D eigenvalue weighted by Crippen LogP contribution is 2.33. The highest BCUT2D eigenvalue weighted by molar-refractivity contribution is 9.09. The lowest BCUT2D eigenvalue weighted by molar-refractivity contribution is 0.0118. The molecule has 0 saturated carbocycles. The van der Waals surface area contributed by atoms with E-state index in [9.17, 15) is 0 Å². The van der Waals surface area contributed by atoms with Crippen LogP contribution in [0.25, 0.3) is 0 Å². The molecule has 16 heavy (non-hydrogen) atoms. The molecule has 0 aromatic heterocycles. The van der Waals surface area contributed by atoms with Crippen LogP contribution in [0.1, 0.15) is 39.0 Å². The number of ether oxygens (including phenoxy) is 1. The van der Waals surface area contributed by atoms with Gasteiger partial charge in [0.05, 0.1) is 0 Å². The summed E-state index contributed by atoms with van der Waals surface area (Å²) in [5.74, 6) is 0. The van der Waals surface area contributed by atoms with Crippen molar-refractivity contribution < 1.29 is 4.74 Å². The van der Waals surface area contributed by atoms with E-state index >= 15 is 0 Å². The number of halogens is 1. The predicted molar refractivity (Wildman–Crippen MR) is 73.3 cm³/mol. The van der Waals surface area contributed by atoms with Gasteiger partial charge in [-0.05, 0) is 38.3 Å². The number of hydrogen-bond donors (Lipinski definition) is 0. The fraction of sp³-hybridized carbons (Fsp3) is 1.00. The number of alkyl halides is 1. The summed E-state index contributed by atoms with van der Waals surface area (Å²) in [7, 11) is 2.26. The maximum atomic E-state index is 5.47. The van der Waals surface area contributed by atoms with Crippen molar-refractivity contribution in [3.8, 4) is 0 Å². The molecule has 1 fully saturated rings. The lowest BCUT2D eigenvalue weighted by atomic mass is 9.82. The minimum absolute atomic E-state index is 0.458. The van der Waals surface area contributed by atoms with Gasteiger partial charge in [-0.15, -0.1) is 0 Å². The van der Waals surface area contributed by atoms with Crippen molar-refractivity contribution in [1.29, 1.82) is 0 Å². The Hall–Kier alpha value is 0.400. The first-order valence-corrected chi connectivity index (χ1v) is 7.67. The third-order valence-electron chi connectivity index (χ3n) is 3.59. The molecule has 0 unspecified atom stereocenters. The predicted octanol–water partition coefficient (Wildman–Crippen LogP) is 3.30. The van der Waals surface area contributed by atoms with E-state index in [2.05, 4.69) is 34.8 Å². The molecule has 0 radical (unpaired) electrons. The second-order valence-corrected chi connectivity index (χ2v) is 5.75. The van der Waals surface area contributed by atoms with E-state index in [1.807, 2.05) is 0 Å². The monoisotopic (exact) mass is 291 g/mol. The number of rotatable bonds is 7. The van der Waals surface area contributed by atoms with Gasteiger partial charge in [-0.1, -0.05) is 35.7 Å². The molecule has 3 heteroatoms. The van der Waals surface area contributed by atoms with Gasteiger partial charge in [-0.25, -0.2) is 0 Å². The van der Waals surface area contributed by atoms with Gasteiger partial charge in [-0.3, -0.25) is 0 Å². The SMILES string of the molecule is CCCCCN(C)CC1(CBr)CCOCC1. The summed E-state index contributed by atoms with van der Waals surface area (Å²) >= 11 is 3.70. The van der Waals surface area contributed by atoms with Crippen molar-refractivity contribution in [3.05, 3.63) is 0 Å². The Balaban J connectivity index is 2.30. The smallest absolute Gasteiger partial charge is 0.0472 e. The van der Waals surface area contributed by atoms with E-state index in [4.69, 9.17) is 4.74 Å². The van der Waals surface area contributed by atoms with Gasteiger partial charge in [0.1, 0.15) is 0 Å². The highest BCUT2D eigenvalue weighted by Gasteiger charge is 2.32. The maximum absolute atomic E-state index is 5.47. The summed E-state index contributed by atoms with van der Waals surface area (Å²) in [5.41, 5.74) is 0.458. The number of nitrogens with zero attached hydrogens (tertiary/aromatic N) is 1. The first kappa shape index (κ1) is 14.5. The summed E-state index contributed by atoms with van der Waals surface area (Å²) in [6, 6.07) is 0. The normalized spacial score (nSPS) is 20.2. The van der Waals surface area contributed by atoms with Crippen molar-refractivity contribution in [2.45, 2.75) is 39.0 Å². The second kappa shape index (κ2) is 7.67. The summed E-state index contributed by atoms with van der Waals surface area (Å²) in [6.07, 6.45) is 6.41. The molecular formula is C13H26BrNO. The van der Waals surface area contributed by atoms with Gasteiger partial charge >= 0.3 is 0 Å². The summed E-state index contributed by atoms with van der Waals surface area (Å²) in [4.78, 5) is 2.50. The fourth-order valence-corrected chi connectivity index (χ4v) is 3.16. The molecule has 0 aromatic carbocycles. The van der Waals surface area contributed by atoms with Crippen LogP contribution >= 0.6 is 15.9 Å². The van der Waals surface area contributed by atoms with Crippen LogP contribution in [0.3, 0.4) is 0 Å². The molecule has 1 saturated heterocycles. The topological polar surface area (TPSA) is 12.5 Å². The molecule has 0 bridgehead atoms. The van der Waals surface area contributed by atoms with Crippen LogP contribution in [0.15, 0.2) is 0 Å². The van der Waals surface area contributed by atoms with Crippen LogP contribution in [-0.4, -0.2) is 43.6 Å². The van der Waals surface area contributed by atoms with Crippen molar-refractivity contribution in [3.63, 3.8) is 0 Å². The van der Waals surface area contributed by atoms with Gasteiger partial charge in [0.25, 0.3) is 0 Å². The van der Waals surface area contributed by atoms with E-state index in [0.29, 0.717) is 5.41 Å². The minimum atomic E-state index is 0.458. The first-order valence-electron chi connectivity index (χ1n) is 6.55. The average Bonchev–Trinajstić information content (AvgIpc) is 2.30. The zero-order chi connectivity index (χ0) is 11.9. The van der Waals surface area contributed by atoms with E-state index < -0.39 is 0 Å². The van der Waals surface area contributed by atoms with Crippen molar-refractivity contribution in [1.82, 2.24) is 4.90 Å². The minimum Gasteiger partial charge on any atom is -0.381 e. The molecule has 0 aromatic rings. The Labute approximate surface area is 109 Å². The number of hydrogen-bond acceptors (Lipinski definition) is 2. The molecule has 0 spiro atoms. The number of unbranched alkanes of at least 4 members (excludes halogenated alkanes) is 2. The van der Waals surface area contributed by atoms with Gasteiger partial charge in [0.2, 0.25) is 0 Å². The average molecular weight is 292 g/mol. The lowest BCUT2D eigenvalue weighted by Crippen LogP contribution is -2.41. The molecule has 96 valence electrons. The Bertz CT molecular complexity index is 181. The Morgan fingerprint density at radius 2 is 1.94 bits per heavy atom. The van der Waals surface area contributed by atoms with Crippen molar-refractivity contribution in [2.75, 3.05) is 38.7 Å². The maximum Gasteiger partial charge on any atom is 0.0472 e. The van der Waals surface area contributed by atoms with Crippen LogP contribution in [0, 0.1) is 5.41 Å². The third kappa shape index (κ3) is 4.72. The van der Waals surface area contributed by atoms with Crippen molar-refractivity contribution >= 4 is 15.9 Å². The Morgan fingerprint density at radius 1 is 1.25 bits per heavy atom. The zero-order valence-corrected chi connectivity index (χ0v) is 12.4. The second-order valence-electron chi connectivity index (χ2n) is 5.19. The Kier molecular flexibility index (Phi) is 6.94. The lowest BCUT2D eigenvalue weighted by Gasteiger charge is -2.38. The van der Waals surface area contributed by atoms with Crippen LogP contribution < -0.4 is 0 Å². The summed E-state index contributed by atoms with van der Waals surface area (Å²) in [5, 5.41) is 1.11. The third-order valence-corrected chi connectivity index (χ3v) is 4.78. The molecule has 1 aliphatic rings. The van der Waals surface area contributed by atoms with Gasteiger partial charge in [0, 0.05) is 25.1 Å². The summed E-state index contributed by atoms with van der Waals surface area (Å²) < 4.78 is 5.47. The van der Waals surface area contributed by atoms with Crippen LogP contribution in [-0.2, 0) is 4.74 Å². The van der Waals surface area contributed by atoms with E-state index in [1.165, 1.54) is 45.2 Å². The molecule has 1 rings (SSSR count). The fourth-order valence-electron chi connectivity index (χ4n) is 2.42. The van der Waals surface area contributed by atoms with Crippen LogP contribution in [0.2, 0.25) is 0 Å². The van der Waals surface area contributed by atoms with E-state index in [0.717, 1.165) is 18.5 Å². The standard InChI is InChI=1S/C13H26BrNO/c1-3-4-5-8-15(2)12-13(11-14)6-9-16-10-7-13/h3-12H2,1-2H3. The van der Waals surface area contributed by atoms with Gasteiger partial charge in [-0.2, -0.15) is 0 Å². The largest absolute Gasteiger partial charge is 0.381 e. The first-order chi connectivity index (χ1) is 7.72. The highest BCUT2D eigenvalue weighted by atomic mass is 79.9. The van der Waals surface area contributed by atoms with Crippen LogP contribution in [0.5, 0.6) is 0 Å². The van der Waals surface area contributed by atoms with Crippen molar-refractivity contribution in [2.24, 2.45) is 5.41 Å². The molecule has 0 amide bonds. The zero-order valence-electron chi connectivity index (χ0n) is 10.8. The Morgan fingerprint density at radius 3 is 2.50 bits per heavy atom.